The Hall–Kier alpha value is -0.740. The first-order chi connectivity index (χ1) is 8.43. The Kier molecular flexibility index (Phi) is 3.87. The Bertz CT molecular complexity index is 480. The molecule has 2 N–H and O–H groups in total. The lowest BCUT2D eigenvalue weighted by molar-refractivity contribution is -0.142. The van der Waals surface area contributed by atoms with Gasteiger partial charge in [0, 0.05) is 10.2 Å². The zero-order valence-corrected chi connectivity index (χ0v) is 12.4. The molecule has 0 heterocycles. The molecule has 0 aromatic heterocycles. The molecule has 1 aliphatic carbocycles. The summed E-state index contributed by atoms with van der Waals surface area (Å²) in [6.45, 7) is 2.09. The van der Waals surface area contributed by atoms with Crippen molar-refractivity contribution in [3.05, 3.63) is 27.7 Å². The normalized spacial score (nSPS) is 27.2. The molecule has 2 rings (SSSR count). The van der Waals surface area contributed by atoms with Crippen molar-refractivity contribution in [1.29, 1.82) is 0 Å². The SMILES string of the molecule is CC1CCC(Nc2ccc(Cl)c(Br)c2)(C(=O)O)C1. The van der Waals surface area contributed by atoms with Crippen LogP contribution in [-0.2, 0) is 4.79 Å². The summed E-state index contributed by atoms with van der Waals surface area (Å²) in [5.74, 6) is -0.345. The van der Waals surface area contributed by atoms with Crippen molar-refractivity contribution in [3.8, 4) is 0 Å². The molecule has 98 valence electrons. The Morgan fingerprint density at radius 2 is 2.33 bits per heavy atom. The molecule has 1 saturated carbocycles. The van der Waals surface area contributed by atoms with E-state index in [9.17, 15) is 9.90 Å². The number of aliphatic carboxylic acids is 1. The van der Waals surface area contributed by atoms with Crippen LogP contribution in [-0.4, -0.2) is 16.6 Å². The van der Waals surface area contributed by atoms with E-state index in [1.54, 1.807) is 12.1 Å². The van der Waals surface area contributed by atoms with Crippen molar-refractivity contribution < 1.29 is 9.90 Å². The van der Waals surface area contributed by atoms with Crippen LogP contribution < -0.4 is 5.32 Å². The number of rotatable bonds is 3. The first-order valence-corrected chi connectivity index (χ1v) is 7.07. The molecular weight excluding hydrogens is 318 g/mol. The van der Waals surface area contributed by atoms with E-state index in [1.165, 1.54) is 0 Å². The number of benzene rings is 1. The van der Waals surface area contributed by atoms with Crippen LogP contribution in [0.15, 0.2) is 22.7 Å². The summed E-state index contributed by atoms with van der Waals surface area (Å²) in [6, 6.07) is 5.37. The molecule has 0 radical (unpaired) electrons. The fourth-order valence-corrected chi connectivity index (χ4v) is 3.00. The Morgan fingerprint density at radius 3 is 2.83 bits per heavy atom. The van der Waals surface area contributed by atoms with Gasteiger partial charge in [-0.3, -0.25) is 0 Å². The number of carbonyl (C=O) groups is 1. The van der Waals surface area contributed by atoms with Gasteiger partial charge in [-0.15, -0.1) is 0 Å². The smallest absolute Gasteiger partial charge is 0.329 e. The fourth-order valence-electron chi connectivity index (χ4n) is 2.50. The average Bonchev–Trinajstić information content (AvgIpc) is 2.67. The molecule has 0 aliphatic heterocycles. The third kappa shape index (κ3) is 2.64. The van der Waals surface area contributed by atoms with Crippen LogP contribution in [0.5, 0.6) is 0 Å². The largest absolute Gasteiger partial charge is 0.480 e. The van der Waals surface area contributed by atoms with Crippen LogP contribution in [0.4, 0.5) is 5.69 Å². The lowest BCUT2D eigenvalue weighted by atomic mass is 9.96. The van der Waals surface area contributed by atoms with Crippen LogP contribution in [0.2, 0.25) is 5.02 Å². The molecule has 1 fully saturated rings. The number of halogens is 2. The summed E-state index contributed by atoms with van der Waals surface area (Å²) < 4.78 is 0.765. The van der Waals surface area contributed by atoms with Gasteiger partial charge in [0.2, 0.25) is 0 Å². The van der Waals surface area contributed by atoms with Crippen LogP contribution >= 0.6 is 27.5 Å². The summed E-state index contributed by atoms with van der Waals surface area (Å²) >= 11 is 9.27. The van der Waals surface area contributed by atoms with Gasteiger partial charge in [-0.2, -0.15) is 0 Å². The molecule has 1 aliphatic rings. The molecule has 0 bridgehead atoms. The Morgan fingerprint density at radius 1 is 1.61 bits per heavy atom. The van der Waals surface area contributed by atoms with E-state index in [-0.39, 0.29) is 0 Å². The van der Waals surface area contributed by atoms with E-state index in [1.807, 2.05) is 6.07 Å². The second-order valence-corrected chi connectivity index (χ2v) is 6.25. The van der Waals surface area contributed by atoms with Crippen LogP contribution in [0, 0.1) is 5.92 Å². The van der Waals surface area contributed by atoms with Gasteiger partial charge in [0.05, 0.1) is 5.02 Å². The zero-order chi connectivity index (χ0) is 13.3. The number of carboxylic acids is 1. The summed E-state index contributed by atoms with van der Waals surface area (Å²) in [5, 5.41) is 13.2. The predicted molar refractivity (Wildman–Crippen MR) is 76.2 cm³/mol. The van der Waals surface area contributed by atoms with Crippen molar-refractivity contribution in [2.45, 2.75) is 31.7 Å². The summed E-state index contributed by atoms with van der Waals surface area (Å²) in [5.41, 5.74) is -0.0602. The minimum Gasteiger partial charge on any atom is -0.480 e. The van der Waals surface area contributed by atoms with E-state index in [0.717, 1.165) is 16.6 Å². The second kappa shape index (κ2) is 5.10. The van der Waals surface area contributed by atoms with Gasteiger partial charge >= 0.3 is 5.97 Å². The van der Waals surface area contributed by atoms with Crippen LogP contribution in [0.1, 0.15) is 26.2 Å². The molecule has 1 aromatic rings. The zero-order valence-electron chi connectivity index (χ0n) is 10.0. The highest BCUT2D eigenvalue weighted by atomic mass is 79.9. The van der Waals surface area contributed by atoms with E-state index in [4.69, 9.17) is 11.6 Å². The van der Waals surface area contributed by atoms with Gasteiger partial charge < -0.3 is 10.4 Å². The molecular formula is C13H15BrClNO2. The molecule has 0 saturated heterocycles. The topological polar surface area (TPSA) is 49.3 Å². The minimum atomic E-state index is -0.841. The molecule has 18 heavy (non-hydrogen) atoms. The quantitative estimate of drug-likeness (QED) is 0.874. The maximum Gasteiger partial charge on any atom is 0.329 e. The summed E-state index contributed by atoms with van der Waals surface area (Å²) in [7, 11) is 0. The standard InChI is InChI=1S/C13H15BrClNO2/c1-8-4-5-13(7-8,12(17)18)16-9-2-3-11(15)10(14)6-9/h2-3,6,8,16H,4-5,7H2,1H3,(H,17,18). The lowest BCUT2D eigenvalue weighted by Gasteiger charge is -2.27. The van der Waals surface area contributed by atoms with E-state index >= 15 is 0 Å². The highest BCUT2D eigenvalue weighted by molar-refractivity contribution is 9.10. The van der Waals surface area contributed by atoms with Crippen molar-refractivity contribution in [2.24, 2.45) is 5.92 Å². The number of hydrogen-bond donors (Lipinski definition) is 2. The number of carboxylic acid groups (broad SMARTS) is 1. The van der Waals surface area contributed by atoms with Crippen molar-refractivity contribution in [2.75, 3.05) is 5.32 Å². The van der Waals surface area contributed by atoms with Crippen molar-refractivity contribution in [3.63, 3.8) is 0 Å². The fraction of sp³-hybridized carbons (Fsp3) is 0.462. The van der Waals surface area contributed by atoms with E-state index < -0.39 is 11.5 Å². The highest BCUT2D eigenvalue weighted by Gasteiger charge is 2.44. The lowest BCUT2D eigenvalue weighted by Crippen LogP contribution is -2.44. The van der Waals surface area contributed by atoms with Gasteiger partial charge in [-0.25, -0.2) is 4.79 Å². The van der Waals surface area contributed by atoms with Crippen molar-refractivity contribution in [1.82, 2.24) is 0 Å². The maximum absolute atomic E-state index is 11.5. The van der Waals surface area contributed by atoms with E-state index in [2.05, 4.69) is 28.2 Å². The van der Waals surface area contributed by atoms with E-state index in [0.29, 0.717) is 23.8 Å². The van der Waals surface area contributed by atoms with Gasteiger partial charge in [0.15, 0.2) is 0 Å². The molecule has 0 amide bonds. The monoisotopic (exact) mass is 331 g/mol. The van der Waals surface area contributed by atoms with Crippen LogP contribution in [0.25, 0.3) is 0 Å². The molecule has 1 aromatic carbocycles. The summed E-state index contributed by atoms with van der Waals surface area (Å²) in [6.07, 6.45) is 2.25. The third-order valence-corrected chi connectivity index (χ3v) is 4.69. The van der Waals surface area contributed by atoms with Crippen LogP contribution in [0.3, 0.4) is 0 Å². The third-order valence-electron chi connectivity index (χ3n) is 3.47. The molecule has 5 heteroatoms. The number of hydrogen-bond acceptors (Lipinski definition) is 2. The summed E-state index contributed by atoms with van der Waals surface area (Å²) in [4.78, 5) is 11.5. The molecule has 0 spiro atoms. The van der Waals surface area contributed by atoms with Gasteiger partial charge in [-0.1, -0.05) is 18.5 Å². The molecule has 3 nitrogen and oxygen atoms in total. The molecule has 2 unspecified atom stereocenters. The first kappa shape index (κ1) is 13.7. The van der Waals surface area contributed by atoms with Crippen molar-refractivity contribution >= 4 is 39.2 Å². The predicted octanol–water partition coefficient (Wildman–Crippen LogP) is 4.16. The Balaban J connectivity index is 2.24. The van der Waals surface area contributed by atoms with Gasteiger partial charge in [0.25, 0.3) is 0 Å². The average molecular weight is 333 g/mol. The highest BCUT2D eigenvalue weighted by Crippen LogP contribution is 2.38. The minimum absolute atomic E-state index is 0.435. The number of nitrogens with one attached hydrogen (secondary N) is 1. The first-order valence-electron chi connectivity index (χ1n) is 5.89. The number of anilines is 1. The Labute approximate surface area is 120 Å². The van der Waals surface area contributed by atoms with Gasteiger partial charge in [0.1, 0.15) is 5.54 Å². The van der Waals surface area contributed by atoms with Gasteiger partial charge in [-0.05, 0) is 59.3 Å². The second-order valence-electron chi connectivity index (χ2n) is 4.99. The maximum atomic E-state index is 11.5. The molecule has 2 atom stereocenters.